The van der Waals surface area contributed by atoms with E-state index >= 15 is 0 Å². The zero-order valence-electron chi connectivity index (χ0n) is 12.9. The van der Waals surface area contributed by atoms with E-state index in [0.29, 0.717) is 30.6 Å². The molecule has 0 unspecified atom stereocenters. The van der Waals surface area contributed by atoms with Gasteiger partial charge in [0.1, 0.15) is 13.2 Å². The largest absolute Gasteiger partial charge is 0.748 e. The lowest BCUT2D eigenvalue weighted by Crippen LogP contribution is -2.51. The van der Waals surface area contributed by atoms with Gasteiger partial charge in [-0.3, -0.25) is 4.79 Å². The summed E-state index contributed by atoms with van der Waals surface area (Å²) in [6, 6.07) is 0. The molecule has 0 saturated carbocycles. The second kappa shape index (κ2) is 8.59. The summed E-state index contributed by atoms with van der Waals surface area (Å²) in [6.45, 7) is 10.8. The van der Waals surface area contributed by atoms with Crippen LogP contribution in [0.3, 0.4) is 0 Å². The van der Waals surface area contributed by atoms with Gasteiger partial charge in [-0.2, -0.15) is 0 Å². The Morgan fingerprint density at radius 1 is 1.20 bits per heavy atom. The summed E-state index contributed by atoms with van der Waals surface area (Å²) in [5, 5.41) is 0. The minimum absolute atomic E-state index is 0.147. The molecule has 0 radical (unpaired) electrons. The van der Waals surface area contributed by atoms with Crippen LogP contribution in [-0.4, -0.2) is 62.0 Å². The van der Waals surface area contributed by atoms with E-state index in [9.17, 15) is 17.8 Å². The van der Waals surface area contributed by atoms with Gasteiger partial charge in [0.2, 0.25) is 0 Å². The van der Waals surface area contributed by atoms with E-state index in [1.165, 1.54) is 0 Å². The predicted molar refractivity (Wildman–Crippen MR) is 76.1 cm³/mol. The van der Waals surface area contributed by atoms with Crippen molar-refractivity contribution in [3.05, 3.63) is 0 Å². The first-order chi connectivity index (χ1) is 9.16. The van der Waals surface area contributed by atoms with Gasteiger partial charge in [-0.05, 0) is 13.8 Å². The Kier molecular flexibility index (Phi) is 8.30. The smallest absolute Gasteiger partial charge is 0.308 e. The Balaban J connectivity index is 4.34. The number of nitrogens with zero attached hydrogens (tertiary/aromatic N) is 1. The average molecular weight is 309 g/mol. The molecule has 0 saturated heterocycles. The van der Waals surface area contributed by atoms with Crippen molar-refractivity contribution >= 4 is 16.1 Å². The molecule has 0 rings (SSSR count). The third kappa shape index (κ3) is 7.81. The number of quaternary nitrogens is 1. The van der Waals surface area contributed by atoms with Crippen LogP contribution in [0.5, 0.6) is 0 Å². The molecule has 0 aromatic rings. The number of hydrogen-bond donors (Lipinski definition) is 0. The zero-order valence-corrected chi connectivity index (χ0v) is 13.7. The van der Waals surface area contributed by atoms with Crippen LogP contribution >= 0.6 is 0 Å². The van der Waals surface area contributed by atoms with Crippen molar-refractivity contribution in [1.82, 2.24) is 0 Å². The molecule has 0 N–H and O–H groups in total. The predicted octanol–water partition coefficient (Wildman–Crippen LogP) is 0.977. The number of esters is 1. The summed E-state index contributed by atoms with van der Waals surface area (Å²) in [5.74, 6) is -0.707. The lowest BCUT2D eigenvalue weighted by Gasteiger charge is -2.36. The molecular weight excluding hydrogens is 282 g/mol. The molecule has 120 valence electrons. The monoisotopic (exact) mass is 309 g/mol. The Labute approximate surface area is 122 Å². The fourth-order valence-corrected chi connectivity index (χ4v) is 2.53. The van der Waals surface area contributed by atoms with Crippen LogP contribution in [0.25, 0.3) is 0 Å². The van der Waals surface area contributed by atoms with Crippen LogP contribution in [0.15, 0.2) is 0 Å². The van der Waals surface area contributed by atoms with Gasteiger partial charge in [0.25, 0.3) is 0 Å². The molecule has 0 spiro atoms. The van der Waals surface area contributed by atoms with Crippen molar-refractivity contribution in [1.29, 1.82) is 0 Å². The first-order valence-electron chi connectivity index (χ1n) is 7.11. The van der Waals surface area contributed by atoms with E-state index in [-0.39, 0.29) is 17.6 Å². The van der Waals surface area contributed by atoms with Crippen molar-refractivity contribution in [2.45, 2.75) is 34.1 Å². The normalized spacial score (nSPS) is 12.7. The molecule has 0 aliphatic heterocycles. The molecule has 0 heterocycles. The average Bonchev–Trinajstić information content (AvgIpc) is 2.35. The Morgan fingerprint density at radius 2 is 1.75 bits per heavy atom. The molecule has 0 aliphatic rings. The highest BCUT2D eigenvalue weighted by atomic mass is 32.2. The summed E-state index contributed by atoms with van der Waals surface area (Å²) in [4.78, 5) is 11.4. The summed E-state index contributed by atoms with van der Waals surface area (Å²) in [7, 11) is -4.15. The quantitative estimate of drug-likeness (QED) is 0.341. The molecule has 20 heavy (non-hydrogen) atoms. The van der Waals surface area contributed by atoms with Gasteiger partial charge in [-0.25, -0.2) is 8.42 Å². The molecule has 0 aromatic heterocycles. The maximum Gasteiger partial charge on any atom is 0.308 e. The van der Waals surface area contributed by atoms with E-state index in [0.717, 1.165) is 13.1 Å². The maximum absolute atomic E-state index is 11.4. The third-order valence-electron chi connectivity index (χ3n) is 3.65. The van der Waals surface area contributed by atoms with E-state index in [1.807, 2.05) is 13.8 Å². The molecule has 0 aliphatic carbocycles. The van der Waals surface area contributed by atoms with Crippen LogP contribution in [0.1, 0.15) is 34.1 Å². The molecular formula is C13H27NO5S. The van der Waals surface area contributed by atoms with Crippen LogP contribution in [-0.2, 0) is 19.6 Å². The Morgan fingerprint density at radius 3 is 2.15 bits per heavy atom. The zero-order chi connectivity index (χ0) is 15.8. The van der Waals surface area contributed by atoms with Crippen molar-refractivity contribution in [2.75, 3.05) is 38.5 Å². The first-order valence-corrected chi connectivity index (χ1v) is 8.69. The number of likely N-dealkylation sites (N-methyl/N-ethyl adjacent to an activating group) is 1. The van der Waals surface area contributed by atoms with Crippen LogP contribution in [0, 0.1) is 5.92 Å². The van der Waals surface area contributed by atoms with Gasteiger partial charge in [0.15, 0.2) is 0 Å². The number of rotatable bonds is 10. The maximum atomic E-state index is 11.4. The molecule has 6 nitrogen and oxygen atoms in total. The number of ether oxygens (including phenoxy) is 1. The number of carbonyl (C=O) groups is 1. The fraction of sp³-hybridized carbons (Fsp3) is 0.923. The molecule has 0 fully saturated rings. The van der Waals surface area contributed by atoms with E-state index in [4.69, 9.17) is 4.74 Å². The minimum Gasteiger partial charge on any atom is -0.748 e. The lowest BCUT2D eigenvalue weighted by molar-refractivity contribution is -0.925. The third-order valence-corrected chi connectivity index (χ3v) is 4.44. The first kappa shape index (κ1) is 19.3. The Hall–Kier alpha value is -0.660. The number of carbonyl (C=O) groups excluding carboxylic acids is 1. The van der Waals surface area contributed by atoms with Gasteiger partial charge in [-0.1, -0.05) is 13.8 Å². The topological polar surface area (TPSA) is 83.5 Å². The van der Waals surface area contributed by atoms with Crippen LogP contribution in [0.4, 0.5) is 0 Å². The standard InChI is InChI=1S/C13H27NO5S/c1-5-14(6-2,8-7-11-20(16,17)18)9-10-19-13(15)12(3)4/h12H,5-11H2,1-4H3. The van der Waals surface area contributed by atoms with Crippen molar-refractivity contribution in [2.24, 2.45) is 5.92 Å². The second-order valence-electron chi connectivity index (χ2n) is 5.36. The van der Waals surface area contributed by atoms with Gasteiger partial charge in [0, 0.05) is 12.2 Å². The van der Waals surface area contributed by atoms with Gasteiger partial charge < -0.3 is 13.8 Å². The molecule has 0 amide bonds. The highest BCUT2D eigenvalue weighted by Gasteiger charge is 2.23. The summed E-state index contributed by atoms with van der Waals surface area (Å²) in [6.07, 6.45) is 0.339. The molecule has 0 atom stereocenters. The summed E-state index contributed by atoms with van der Waals surface area (Å²) < 4.78 is 37.7. The van der Waals surface area contributed by atoms with Crippen molar-refractivity contribution in [3.63, 3.8) is 0 Å². The van der Waals surface area contributed by atoms with E-state index in [1.54, 1.807) is 13.8 Å². The SMILES string of the molecule is CC[N+](CC)(CCCS(=O)(=O)[O-])CCOC(=O)C(C)C. The molecule has 0 aromatic carbocycles. The van der Waals surface area contributed by atoms with Gasteiger partial charge in [0.05, 0.1) is 35.7 Å². The second-order valence-corrected chi connectivity index (χ2v) is 6.88. The van der Waals surface area contributed by atoms with Gasteiger partial charge in [-0.15, -0.1) is 0 Å². The van der Waals surface area contributed by atoms with E-state index in [2.05, 4.69) is 0 Å². The summed E-state index contributed by atoms with van der Waals surface area (Å²) in [5.41, 5.74) is 0. The van der Waals surface area contributed by atoms with Crippen molar-refractivity contribution < 1.29 is 27.0 Å². The number of hydrogen-bond acceptors (Lipinski definition) is 5. The van der Waals surface area contributed by atoms with Gasteiger partial charge >= 0.3 is 5.97 Å². The molecule has 0 bridgehead atoms. The summed E-state index contributed by atoms with van der Waals surface area (Å²) >= 11 is 0. The van der Waals surface area contributed by atoms with Crippen LogP contribution in [0.2, 0.25) is 0 Å². The van der Waals surface area contributed by atoms with Crippen molar-refractivity contribution in [3.8, 4) is 0 Å². The highest BCUT2D eigenvalue weighted by Crippen LogP contribution is 2.09. The molecule has 7 heteroatoms. The minimum atomic E-state index is -4.15. The Bertz CT molecular complexity index is 388. The van der Waals surface area contributed by atoms with Crippen LogP contribution < -0.4 is 0 Å². The highest BCUT2D eigenvalue weighted by molar-refractivity contribution is 7.85. The fourth-order valence-electron chi connectivity index (χ4n) is 2.05. The van der Waals surface area contributed by atoms with E-state index < -0.39 is 10.1 Å². The lowest BCUT2D eigenvalue weighted by atomic mass is 10.2.